The predicted octanol–water partition coefficient (Wildman–Crippen LogP) is 1.91. The van der Waals surface area contributed by atoms with Crippen LogP contribution in [0.5, 0.6) is 0 Å². The van der Waals surface area contributed by atoms with Crippen LogP contribution in [0.3, 0.4) is 0 Å². The standard InChI is InChI=1S/C10H15N3O/c1-7(11)9-12-13-10(14-9)8-5-3-2-4-6-8/h2-3,7-8H,4-6,11H2,1H3/t7-,8?/m0/s1. The number of rotatable bonds is 2. The van der Waals surface area contributed by atoms with Gasteiger partial charge in [-0.25, -0.2) is 0 Å². The van der Waals surface area contributed by atoms with Crippen LogP contribution in [0, 0.1) is 0 Å². The van der Waals surface area contributed by atoms with Crippen molar-refractivity contribution in [2.75, 3.05) is 0 Å². The Labute approximate surface area is 83.2 Å². The molecular formula is C10H15N3O. The van der Waals surface area contributed by atoms with Gasteiger partial charge in [-0.1, -0.05) is 12.2 Å². The van der Waals surface area contributed by atoms with Crippen LogP contribution in [0.2, 0.25) is 0 Å². The Bertz CT molecular complexity index is 330. The van der Waals surface area contributed by atoms with Gasteiger partial charge in [0, 0.05) is 5.92 Å². The van der Waals surface area contributed by atoms with E-state index in [9.17, 15) is 0 Å². The van der Waals surface area contributed by atoms with Gasteiger partial charge in [-0.15, -0.1) is 10.2 Å². The van der Waals surface area contributed by atoms with Gasteiger partial charge < -0.3 is 10.2 Å². The third-order valence-electron chi connectivity index (χ3n) is 2.46. The zero-order chi connectivity index (χ0) is 9.97. The fraction of sp³-hybridized carbons (Fsp3) is 0.600. The van der Waals surface area contributed by atoms with E-state index in [4.69, 9.17) is 10.2 Å². The highest BCUT2D eigenvalue weighted by Crippen LogP contribution is 2.28. The van der Waals surface area contributed by atoms with Gasteiger partial charge in [-0.05, 0) is 26.2 Å². The molecule has 2 N–H and O–H groups in total. The molecule has 1 heterocycles. The van der Waals surface area contributed by atoms with E-state index in [0.29, 0.717) is 11.8 Å². The number of hydrogen-bond acceptors (Lipinski definition) is 4. The van der Waals surface area contributed by atoms with Gasteiger partial charge in [0.05, 0.1) is 6.04 Å². The van der Waals surface area contributed by atoms with Crippen molar-refractivity contribution in [1.29, 1.82) is 0 Å². The maximum Gasteiger partial charge on any atom is 0.232 e. The summed E-state index contributed by atoms with van der Waals surface area (Å²) in [7, 11) is 0. The Hall–Kier alpha value is -1.16. The molecule has 0 aromatic carbocycles. The molecule has 0 amide bonds. The zero-order valence-corrected chi connectivity index (χ0v) is 8.31. The van der Waals surface area contributed by atoms with E-state index in [-0.39, 0.29) is 6.04 Å². The summed E-state index contributed by atoms with van der Waals surface area (Å²) < 4.78 is 5.50. The molecule has 14 heavy (non-hydrogen) atoms. The van der Waals surface area contributed by atoms with Crippen LogP contribution in [0.4, 0.5) is 0 Å². The first-order valence-corrected chi connectivity index (χ1v) is 5.01. The van der Waals surface area contributed by atoms with Gasteiger partial charge >= 0.3 is 0 Å². The fourth-order valence-corrected chi connectivity index (χ4v) is 1.61. The summed E-state index contributed by atoms with van der Waals surface area (Å²) in [5.74, 6) is 1.66. The molecule has 0 saturated heterocycles. The topological polar surface area (TPSA) is 64.9 Å². The van der Waals surface area contributed by atoms with Crippen molar-refractivity contribution in [3.63, 3.8) is 0 Å². The molecular weight excluding hydrogens is 178 g/mol. The van der Waals surface area contributed by atoms with E-state index in [0.717, 1.165) is 25.2 Å². The summed E-state index contributed by atoms with van der Waals surface area (Å²) in [6.07, 6.45) is 7.56. The Balaban J connectivity index is 2.12. The molecule has 1 aromatic heterocycles. The first-order chi connectivity index (χ1) is 6.77. The second-order valence-electron chi connectivity index (χ2n) is 3.75. The van der Waals surface area contributed by atoms with E-state index in [2.05, 4.69) is 22.3 Å². The van der Waals surface area contributed by atoms with Crippen molar-refractivity contribution in [3.8, 4) is 0 Å². The van der Waals surface area contributed by atoms with Crippen molar-refractivity contribution < 1.29 is 4.42 Å². The third-order valence-corrected chi connectivity index (χ3v) is 2.46. The van der Waals surface area contributed by atoms with Crippen LogP contribution in [-0.4, -0.2) is 10.2 Å². The molecule has 4 nitrogen and oxygen atoms in total. The maximum absolute atomic E-state index is 5.65. The Morgan fingerprint density at radius 2 is 2.36 bits per heavy atom. The molecule has 0 spiro atoms. The Kier molecular flexibility index (Phi) is 2.63. The van der Waals surface area contributed by atoms with Gasteiger partial charge in [0.25, 0.3) is 0 Å². The number of nitrogens with two attached hydrogens (primary N) is 1. The van der Waals surface area contributed by atoms with E-state index in [1.807, 2.05) is 6.92 Å². The number of nitrogens with zero attached hydrogens (tertiary/aromatic N) is 2. The molecule has 0 fully saturated rings. The lowest BCUT2D eigenvalue weighted by molar-refractivity contribution is 0.387. The summed E-state index contributed by atoms with van der Waals surface area (Å²) in [6.45, 7) is 1.85. The second-order valence-corrected chi connectivity index (χ2v) is 3.75. The summed E-state index contributed by atoms with van der Waals surface area (Å²) in [6, 6.07) is -0.171. The van der Waals surface area contributed by atoms with Crippen molar-refractivity contribution in [1.82, 2.24) is 10.2 Å². The smallest absolute Gasteiger partial charge is 0.232 e. The van der Waals surface area contributed by atoms with Crippen LogP contribution in [0.15, 0.2) is 16.6 Å². The predicted molar refractivity (Wildman–Crippen MR) is 52.6 cm³/mol. The Morgan fingerprint density at radius 3 is 2.93 bits per heavy atom. The van der Waals surface area contributed by atoms with Gasteiger partial charge in [0.15, 0.2) is 0 Å². The first-order valence-electron chi connectivity index (χ1n) is 5.01. The zero-order valence-electron chi connectivity index (χ0n) is 8.31. The quantitative estimate of drug-likeness (QED) is 0.729. The molecule has 2 rings (SSSR count). The summed E-state index contributed by atoms with van der Waals surface area (Å²) in [5.41, 5.74) is 5.65. The van der Waals surface area contributed by atoms with Crippen LogP contribution < -0.4 is 5.73 Å². The summed E-state index contributed by atoms with van der Waals surface area (Å²) >= 11 is 0. The highest BCUT2D eigenvalue weighted by Gasteiger charge is 2.19. The third kappa shape index (κ3) is 1.85. The minimum Gasteiger partial charge on any atom is -0.423 e. The highest BCUT2D eigenvalue weighted by molar-refractivity contribution is 5.02. The monoisotopic (exact) mass is 193 g/mol. The second kappa shape index (κ2) is 3.92. The molecule has 0 radical (unpaired) electrons. The fourth-order valence-electron chi connectivity index (χ4n) is 1.61. The molecule has 1 aromatic rings. The SMILES string of the molecule is C[C@H](N)c1nnc(C2CC=CCC2)o1. The number of hydrogen-bond donors (Lipinski definition) is 1. The lowest BCUT2D eigenvalue weighted by atomic mass is 9.94. The van der Waals surface area contributed by atoms with Crippen LogP contribution in [-0.2, 0) is 0 Å². The molecule has 2 atom stereocenters. The van der Waals surface area contributed by atoms with E-state index < -0.39 is 0 Å². The van der Waals surface area contributed by atoms with Crippen molar-refractivity contribution >= 4 is 0 Å². The first kappa shape index (κ1) is 9.40. The largest absolute Gasteiger partial charge is 0.423 e. The average Bonchev–Trinajstić information content (AvgIpc) is 2.68. The van der Waals surface area contributed by atoms with Gasteiger partial charge in [0.1, 0.15) is 0 Å². The average molecular weight is 193 g/mol. The molecule has 1 aliphatic carbocycles. The van der Waals surface area contributed by atoms with Crippen molar-refractivity contribution in [2.24, 2.45) is 5.73 Å². The van der Waals surface area contributed by atoms with Gasteiger partial charge in [-0.2, -0.15) is 0 Å². The van der Waals surface area contributed by atoms with Crippen LogP contribution >= 0.6 is 0 Å². The number of aromatic nitrogens is 2. The summed E-state index contributed by atoms with van der Waals surface area (Å²) in [4.78, 5) is 0. The van der Waals surface area contributed by atoms with E-state index in [1.54, 1.807) is 0 Å². The molecule has 1 unspecified atom stereocenters. The van der Waals surface area contributed by atoms with E-state index >= 15 is 0 Å². The van der Waals surface area contributed by atoms with Crippen LogP contribution in [0.1, 0.15) is 49.9 Å². The van der Waals surface area contributed by atoms with Gasteiger partial charge in [0.2, 0.25) is 11.8 Å². The lowest BCUT2D eigenvalue weighted by Crippen LogP contribution is -2.05. The molecule has 0 aliphatic heterocycles. The minimum absolute atomic E-state index is 0.171. The lowest BCUT2D eigenvalue weighted by Gasteiger charge is -2.12. The maximum atomic E-state index is 5.65. The normalized spacial score (nSPS) is 23.7. The molecule has 4 heteroatoms. The highest BCUT2D eigenvalue weighted by atomic mass is 16.4. The molecule has 1 aliphatic rings. The number of allylic oxidation sites excluding steroid dienone is 2. The van der Waals surface area contributed by atoms with Crippen molar-refractivity contribution in [2.45, 2.75) is 38.1 Å². The molecule has 76 valence electrons. The Morgan fingerprint density at radius 1 is 1.50 bits per heavy atom. The molecule has 0 bridgehead atoms. The minimum atomic E-state index is -0.171. The van der Waals surface area contributed by atoms with Gasteiger partial charge in [-0.3, -0.25) is 0 Å². The molecule has 0 saturated carbocycles. The summed E-state index contributed by atoms with van der Waals surface area (Å²) in [5, 5.41) is 7.96. The van der Waals surface area contributed by atoms with E-state index in [1.165, 1.54) is 0 Å². The van der Waals surface area contributed by atoms with Crippen LogP contribution in [0.25, 0.3) is 0 Å². The van der Waals surface area contributed by atoms with Crippen molar-refractivity contribution in [3.05, 3.63) is 23.9 Å².